The van der Waals surface area contributed by atoms with Gasteiger partial charge in [0, 0.05) is 5.56 Å². The number of benzene rings is 1. The zero-order valence-electron chi connectivity index (χ0n) is 9.14. The topological polar surface area (TPSA) is 87.0 Å². The molecular weight excluding hydrogens is 284 g/mol. The number of rotatable bonds is 2. The van der Waals surface area contributed by atoms with Crippen LogP contribution in [-0.2, 0) is 0 Å². The normalized spacial score (nSPS) is 10.2. The van der Waals surface area contributed by atoms with Crippen LogP contribution in [0.25, 0.3) is 11.3 Å². The Kier molecular flexibility index (Phi) is 3.14. The summed E-state index contributed by atoms with van der Waals surface area (Å²) in [6.45, 7) is 0. The van der Waals surface area contributed by atoms with Crippen molar-refractivity contribution in [2.75, 3.05) is 18.6 Å². The first kappa shape index (κ1) is 11.7. The van der Waals surface area contributed by atoms with E-state index in [4.69, 9.17) is 16.2 Å². The average Bonchev–Trinajstić information content (AvgIpc) is 2.34. The van der Waals surface area contributed by atoms with Gasteiger partial charge in [0.2, 0.25) is 0 Å². The Morgan fingerprint density at radius 3 is 2.59 bits per heavy atom. The molecule has 2 rings (SSSR count). The summed E-state index contributed by atoms with van der Waals surface area (Å²) in [4.78, 5) is 8.28. The Hall–Kier alpha value is -1.82. The lowest BCUT2D eigenvalue weighted by molar-refractivity contribution is 0.415. The Balaban J connectivity index is 2.56. The third-order valence-corrected chi connectivity index (χ3v) is 2.80. The van der Waals surface area contributed by atoms with Gasteiger partial charge in [-0.3, -0.25) is 0 Å². The van der Waals surface area contributed by atoms with Crippen molar-refractivity contribution in [3.8, 4) is 17.0 Å². The lowest BCUT2D eigenvalue weighted by atomic mass is 10.1. The summed E-state index contributed by atoms with van der Waals surface area (Å²) in [5.74, 6) is 1.17. The van der Waals surface area contributed by atoms with Gasteiger partial charge in [-0.05, 0) is 28.1 Å². The first-order valence-corrected chi connectivity index (χ1v) is 5.64. The Morgan fingerprint density at radius 2 is 1.88 bits per heavy atom. The number of hydrogen-bond donors (Lipinski definition) is 2. The van der Waals surface area contributed by atoms with Crippen LogP contribution in [0.15, 0.2) is 28.9 Å². The van der Waals surface area contributed by atoms with Gasteiger partial charge in [0.15, 0.2) is 11.6 Å². The molecule has 1 aromatic carbocycles. The quantitative estimate of drug-likeness (QED) is 0.885. The molecule has 6 heteroatoms. The third kappa shape index (κ3) is 2.31. The smallest absolute Gasteiger partial charge is 0.167 e. The van der Waals surface area contributed by atoms with E-state index in [0.717, 1.165) is 11.3 Å². The van der Waals surface area contributed by atoms with E-state index >= 15 is 0 Å². The van der Waals surface area contributed by atoms with E-state index in [1.807, 2.05) is 24.3 Å². The Bertz CT molecular complexity index is 559. The van der Waals surface area contributed by atoms with Crippen LogP contribution in [0.4, 0.5) is 11.6 Å². The van der Waals surface area contributed by atoms with Gasteiger partial charge in [0.25, 0.3) is 0 Å². The van der Waals surface area contributed by atoms with Crippen LogP contribution >= 0.6 is 15.9 Å². The zero-order chi connectivity index (χ0) is 12.4. The molecule has 2 aromatic rings. The number of ether oxygens (including phenoxy) is 1. The van der Waals surface area contributed by atoms with Crippen molar-refractivity contribution in [2.24, 2.45) is 0 Å². The van der Waals surface area contributed by atoms with Crippen LogP contribution in [0.2, 0.25) is 0 Å². The molecule has 0 fully saturated rings. The van der Waals surface area contributed by atoms with Crippen molar-refractivity contribution in [2.45, 2.75) is 0 Å². The van der Waals surface area contributed by atoms with E-state index in [-0.39, 0.29) is 11.6 Å². The van der Waals surface area contributed by atoms with Gasteiger partial charge in [-0.2, -0.15) is 0 Å². The highest BCUT2D eigenvalue weighted by atomic mass is 79.9. The predicted molar refractivity (Wildman–Crippen MR) is 70.5 cm³/mol. The molecule has 0 aliphatic carbocycles. The maximum Gasteiger partial charge on any atom is 0.167 e. The number of aromatic nitrogens is 2. The summed E-state index contributed by atoms with van der Waals surface area (Å²) in [6.07, 6.45) is 0. The second-order valence-corrected chi connectivity index (χ2v) is 4.12. The molecule has 0 bridgehead atoms. The van der Waals surface area contributed by atoms with Gasteiger partial charge in [-0.15, -0.1) is 0 Å². The van der Waals surface area contributed by atoms with Crippen LogP contribution in [0, 0.1) is 0 Å². The largest absolute Gasteiger partial charge is 0.497 e. The van der Waals surface area contributed by atoms with E-state index in [9.17, 15) is 0 Å². The van der Waals surface area contributed by atoms with Gasteiger partial charge in [-0.25, -0.2) is 9.97 Å². The van der Waals surface area contributed by atoms with E-state index in [1.165, 1.54) is 0 Å². The summed E-state index contributed by atoms with van der Waals surface area (Å²) >= 11 is 3.31. The van der Waals surface area contributed by atoms with Gasteiger partial charge >= 0.3 is 0 Å². The second kappa shape index (κ2) is 4.58. The van der Waals surface area contributed by atoms with Gasteiger partial charge in [0.1, 0.15) is 16.0 Å². The summed E-state index contributed by atoms with van der Waals surface area (Å²) in [7, 11) is 1.61. The lowest BCUT2D eigenvalue weighted by Gasteiger charge is -2.07. The van der Waals surface area contributed by atoms with Crippen molar-refractivity contribution in [1.82, 2.24) is 9.97 Å². The number of hydrogen-bond acceptors (Lipinski definition) is 5. The minimum atomic E-state index is 0.212. The van der Waals surface area contributed by atoms with E-state index < -0.39 is 0 Å². The van der Waals surface area contributed by atoms with Crippen LogP contribution < -0.4 is 16.2 Å². The number of anilines is 2. The van der Waals surface area contributed by atoms with Crippen molar-refractivity contribution in [3.63, 3.8) is 0 Å². The molecule has 0 saturated heterocycles. The number of nitrogens with two attached hydrogens (primary N) is 2. The number of nitrogens with zero attached hydrogens (tertiary/aromatic N) is 2. The van der Waals surface area contributed by atoms with E-state index in [0.29, 0.717) is 10.3 Å². The van der Waals surface area contributed by atoms with E-state index in [1.54, 1.807) is 7.11 Å². The number of halogens is 1. The highest BCUT2D eigenvalue weighted by Gasteiger charge is 2.10. The molecule has 88 valence electrons. The highest BCUT2D eigenvalue weighted by molar-refractivity contribution is 9.10. The molecule has 0 unspecified atom stereocenters. The molecule has 1 heterocycles. The van der Waals surface area contributed by atoms with Crippen molar-refractivity contribution >= 4 is 27.6 Å². The number of nitrogen functional groups attached to an aromatic ring is 2. The van der Waals surface area contributed by atoms with Crippen molar-refractivity contribution < 1.29 is 4.74 Å². The fourth-order valence-electron chi connectivity index (χ4n) is 1.39. The maximum atomic E-state index is 5.65. The molecule has 0 atom stereocenters. The molecular formula is C11H11BrN4O. The molecule has 4 N–H and O–H groups in total. The van der Waals surface area contributed by atoms with Crippen LogP contribution in [0.5, 0.6) is 5.75 Å². The fourth-order valence-corrected chi connectivity index (χ4v) is 1.90. The fraction of sp³-hybridized carbons (Fsp3) is 0.0909. The minimum absolute atomic E-state index is 0.212. The summed E-state index contributed by atoms with van der Waals surface area (Å²) in [5, 5.41) is 0. The highest BCUT2D eigenvalue weighted by Crippen LogP contribution is 2.29. The first-order valence-electron chi connectivity index (χ1n) is 4.84. The number of methoxy groups -OCH3 is 1. The summed E-state index contributed by atoms with van der Waals surface area (Å²) in [5.41, 5.74) is 12.7. The molecule has 0 aliphatic rings. The standard InChI is InChI=1S/C11H11BrN4O/c1-17-7-4-2-3-6(5-7)8-9(12)16-11(14)10(13)15-8/h2-5H,1H3,(H2,13,15)(H2,14,16). The van der Waals surface area contributed by atoms with Crippen molar-refractivity contribution in [3.05, 3.63) is 28.9 Å². The zero-order valence-corrected chi connectivity index (χ0v) is 10.7. The Morgan fingerprint density at radius 1 is 1.18 bits per heavy atom. The molecule has 0 aliphatic heterocycles. The van der Waals surface area contributed by atoms with E-state index in [2.05, 4.69) is 25.9 Å². The lowest BCUT2D eigenvalue weighted by Crippen LogP contribution is -2.03. The molecule has 17 heavy (non-hydrogen) atoms. The second-order valence-electron chi connectivity index (χ2n) is 3.37. The van der Waals surface area contributed by atoms with Gasteiger partial charge in [0.05, 0.1) is 7.11 Å². The minimum Gasteiger partial charge on any atom is -0.497 e. The Labute approximate surface area is 107 Å². The van der Waals surface area contributed by atoms with Gasteiger partial charge in [-0.1, -0.05) is 12.1 Å². The third-order valence-electron chi connectivity index (χ3n) is 2.25. The first-order chi connectivity index (χ1) is 8.11. The van der Waals surface area contributed by atoms with Gasteiger partial charge < -0.3 is 16.2 Å². The molecule has 1 aromatic heterocycles. The van der Waals surface area contributed by atoms with Crippen LogP contribution in [-0.4, -0.2) is 17.1 Å². The van der Waals surface area contributed by atoms with Crippen LogP contribution in [0.1, 0.15) is 0 Å². The molecule has 0 amide bonds. The molecule has 0 radical (unpaired) electrons. The van der Waals surface area contributed by atoms with Crippen molar-refractivity contribution in [1.29, 1.82) is 0 Å². The summed E-state index contributed by atoms with van der Waals surface area (Å²) < 4.78 is 5.70. The molecule has 0 saturated carbocycles. The average molecular weight is 295 g/mol. The monoisotopic (exact) mass is 294 g/mol. The predicted octanol–water partition coefficient (Wildman–Crippen LogP) is 2.08. The summed E-state index contributed by atoms with van der Waals surface area (Å²) in [6, 6.07) is 7.47. The molecule has 0 spiro atoms. The SMILES string of the molecule is COc1cccc(-c2nc(N)c(N)nc2Br)c1. The maximum absolute atomic E-state index is 5.65. The van der Waals surface area contributed by atoms with Crippen LogP contribution in [0.3, 0.4) is 0 Å². The molecule has 5 nitrogen and oxygen atoms in total.